The van der Waals surface area contributed by atoms with Gasteiger partial charge in [0.15, 0.2) is 5.65 Å². The number of hydrogen-bond donors (Lipinski definition) is 0. The molecule has 1 aromatic carbocycles. The normalized spacial score (nSPS) is 11.4. The summed E-state index contributed by atoms with van der Waals surface area (Å²) in [5.41, 5.74) is 3.34. The molecular formula is C19H13FN6S. The Balaban J connectivity index is 1.46. The predicted molar refractivity (Wildman–Crippen MR) is 101 cm³/mol. The zero-order chi connectivity index (χ0) is 18.2. The third-order valence-corrected chi connectivity index (χ3v) is 5.21. The first kappa shape index (κ1) is 16.0. The molecule has 0 unspecified atom stereocenters. The van der Waals surface area contributed by atoms with Crippen molar-refractivity contribution in [1.29, 1.82) is 0 Å². The fourth-order valence-electron chi connectivity index (χ4n) is 2.91. The second-order valence-electron chi connectivity index (χ2n) is 5.94. The summed E-state index contributed by atoms with van der Waals surface area (Å²) in [5.74, 6) is 0.406. The van der Waals surface area contributed by atoms with E-state index in [9.17, 15) is 4.39 Å². The number of benzene rings is 1. The second kappa shape index (κ2) is 6.48. The van der Waals surface area contributed by atoms with Gasteiger partial charge in [-0.05, 0) is 36.4 Å². The van der Waals surface area contributed by atoms with Gasteiger partial charge < -0.3 is 4.40 Å². The van der Waals surface area contributed by atoms with Crippen molar-refractivity contribution >= 4 is 28.4 Å². The number of pyridine rings is 1. The summed E-state index contributed by atoms with van der Waals surface area (Å²) >= 11 is 1.59. The topological polar surface area (TPSA) is 60.9 Å². The molecule has 27 heavy (non-hydrogen) atoms. The molecule has 0 radical (unpaired) electrons. The number of hydrogen-bond acceptors (Lipinski definition) is 5. The first-order valence-corrected chi connectivity index (χ1v) is 9.26. The smallest absolute Gasteiger partial charge is 0.167 e. The zero-order valence-electron chi connectivity index (χ0n) is 14.0. The molecule has 4 aromatic heterocycles. The molecule has 0 bridgehead atoms. The van der Waals surface area contributed by atoms with E-state index in [4.69, 9.17) is 0 Å². The van der Waals surface area contributed by atoms with Crippen LogP contribution >= 0.6 is 11.8 Å². The highest BCUT2D eigenvalue weighted by Crippen LogP contribution is 2.28. The van der Waals surface area contributed by atoms with Crippen LogP contribution in [0.1, 0.15) is 5.69 Å². The average molecular weight is 376 g/mol. The highest BCUT2D eigenvalue weighted by Gasteiger charge is 2.12. The maximum Gasteiger partial charge on any atom is 0.167 e. The van der Waals surface area contributed by atoms with Crippen LogP contribution in [0.25, 0.3) is 22.4 Å². The van der Waals surface area contributed by atoms with Gasteiger partial charge in [-0.25, -0.2) is 24.0 Å². The molecule has 0 aliphatic carbocycles. The highest BCUT2D eigenvalue weighted by atomic mass is 32.2. The Bertz CT molecular complexity index is 1210. The van der Waals surface area contributed by atoms with E-state index >= 15 is 0 Å². The molecule has 0 N–H and O–H groups in total. The third-order valence-electron chi connectivity index (χ3n) is 4.17. The number of fused-ring (bicyclic) bond motifs is 2. The van der Waals surface area contributed by atoms with Crippen LogP contribution in [0.2, 0.25) is 0 Å². The minimum atomic E-state index is -0.284. The van der Waals surface area contributed by atoms with Crippen molar-refractivity contribution in [3.8, 4) is 5.69 Å². The lowest BCUT2D eigenvalue weighted by atomic mass is 10.3. The molecule has 0 aliphatic heterocycles. The number of aromatic nitrogens is 6. The predicted octanol–water partition coefficient (Wildman–Crippen LogP) is 3.89. The Kier molecular flexibility index (Phi) is 3.83. The first-order valence-electron chi connectivity index (χ1n) is 8.28. The fourth-order valence-corrected chi connectivity index (χ4v) is 3.75. The molecular weight excluding hydrogens is 363 g/mol. The largest absolute Gasteiger partial charge is 0.307 e. The van der Waals surface area contributed by atoms with Crippen molar-refractivity contribution in [2.75, 3.05) is 0 Å². The van der Waals surface area contributed by atoms with Gasteiger partial charge in [0.25, 0.3) is 0 Å². The second-order valence-corrected chi connectivity index (χ2v) is 6.90. The number of thioether (sulfide) groups is 1. The van der Waals surface area contributed by atoms with Gasteiger partial charge in [-0.3, -0.25) is 0 Å². The van der Waals surface area contributed by atoms with Gasteiger partial charge in [0.1, 0.15) is 22.8 Å². The Hall–Kier alpha value is -3.26. The van der Waals surface area contributed by atoms with E-state index in [1.165, 1.54) is 18.5 Å². The monoisotopic (exact) mass is 376 g/mol. The lowest BCUT2D eigenvalue weighted by molar-refractivity contribution is 0.627. The SMILES string of the molecule is Fc1ccc(-n2ncc3c(SCc4cn5ccccc5n4)ncnc32)cc1. The zero-order valence-corrected chi connectivity index (χ0v) is 14.8. The van der Waals surface area contributed by atoms with Gasteiger partial charge in [-0.1, -0.05) is 17.8 Å². The van der Waals surface area contributed by atoms with Crippen molar-refractivity contribution in [2.24, 2.45) is 0 Å². The van der Waals surface area contributed by atoms with Gasteiger partial charge in [-0.15, -0.1) is 0 Å². The van der Waals surface area contributed by atoms with Crippen LogP contribution in [0, 0.1) is 5.82 Å². The maximum absolute atomic E-state index is 13.2. The summed E-state index contributed by atoms with van der Waals surface area (Å²) in [6, 6.07) is 12.1. The van der Waals surface area contributed by atoms with Crippen LogP contribution in [0.4, 0.5) is 4.39 Å². The molecule has 5 rings (SSSR count). The van der Waals surface area contributed by atoms with Crippen molar-refractivity contribution in [1.82, 2.24) is 29.1 Å². The van der Waals surface area contributed by atoms with E-state index < -0.39 is 0 Å². The molecule has 4 heterocycles. The van der Waals surface area contributed by atoms with E-state index in [0.717, 1.165) is 27.4 Å². The summed E-state index contributed by atoms with van der Waals surface area (Å²) in [4.78, 5) is 13.4. The van der Waals surface area contributed by atoms with Crippen LogP contribution < -0.4 is 0 Å². The van der Waals surface area contributed by atoms with Gasteiger partial charge in [0.05, 0.1) is 23.0 Å². The van der Waals surface area contributed by atoms with E-state index in [-0.39, 0.29) is 5.82 Å². The molecule has 0 saturated heterocycles. The number of rotatable bonds is 4. The number of halogens is 1. The summed E-state index contributed by atoms with van der Waals surface area (Å²) < 4.78 is 16.9. The molecule has 0 saturated carbocycles. The Morgan fingerprint density at radius 3 is 2.78 bits per heavy atom. The molecule has 0 fully saturated rings. The quantitative estimate of drug-likeness (QED) is 0.352. The molecule has 8 heteroatoms. The van der Waals surface area contributed by atoms with Crippen LogP contribution in [0.5, 0.6) is 0 Å². The van der Waals surface area contributed by atoms with Crippen molar-refractivity contribution in [3.05, 3.63) is 78.9 Å². The van der Waals surface area contributed by atoms with Gasteiger partial charge in [-0.2, -0.15) is 5.10 Å². The third kappa shape index (κ3) is 2.93. The highest BCUT2D eigenvalue weighted by molar-refractivity contribution is 7.98. The molecule has 6 nitrogen and oxygen atoms in total. The Morgan fingerprint density at radius 1 is 1.04 bits per heavy atom. The lowest BCUT2D eigenvalue weighted by Crippen LogP contribution is -1.98. The fraction of sp³-hybridized carbons (Fsp3) is 0.0526. The summed E-state index contributed by atoms with van der Waals surface area (Å²) in [6.45, 7) is 0. The van der Waals surface area contributed by atoms with Crippen LogP contribution in [-0.2, 0) is 5.75 Å². The van der Waals surface area contributed by atoms with Crippen LogP contribution in [0.15, 0.2) is 72.4 Å². The van der Waals surface area contributed by atoms with Gasteiger partial charge >= 0.3 is 0 Å². The summed E-state index contributed by atoms with van der Waals surface area (Å²) in [5, 5.41) is 6.10. The molecule has 0 atom stereocenters. The Labute approximate surface area is 157 Å². The summed E-state index contributed by atoms with van der Waals surface area (Å²) in [6.07, 6.45) is 7.26. The average Bonchev–Trinajstić information content (AvgIpc) is 3.31. The molecule has 0 spiro atoms. The minimum Gasteiger partial charge on any atom is -0.307 e. The maximum atomic E-state index is 13.2. The van der Waals surface area contributed by atoms with E-state index in [2.05, 4.69) is 20.1 Å². The lowest BCUT2D eigenvalue weighted by Gasteiger charge is -2.03. The first-order chi connectivity index (χ1) is 13.3. The van der Waals surface area contributed by atoms with Gasteiger partial charge in [0, 0.05) is 18.1 Å². The Morgan fingerprint density at radius 2 is 1.93 bits per heavy atom. The number of nitrogens with zero attached hydrogens (tertiary/aromatic N) is 6. The van der Waals surface area contributed by atoms with Crippen LogP contribution in [-0.4, -0.2) is 29.1 Å². The molecule has 132 valence electrons. The standard InChI is InChI=1S/C19H13FN6S/c20-13-4-6-15(7-5-13)26-18-16(9-23-26)19(22-12-21-18)27-11-14-10-25-8-2-1-3-17(25)24-14/h1-10,12H,11H2. The number of imidazole rings is 1. The van der Waals surface area contributed by atoms with E-state index in [1.807, 2.05) is 35.0 Å². The molecule has 0 aliphatic rings. The molecule has 0 amide bonds. The van der Waals surface area contributed by atoms with Crippen molar-refractivity contribution in [3.63, 3.8) is 0 Å². The van der Waals surface area contributed by atoms with E-state index in [1.54, 1.807) is 34.8 Å². The van der Waals surface area contributed by atoms with Crippen molar-refractivity contribution in [2.45, 2.75) is 10.8 Å². The van der Waals surface area contributed by atoms with E-state index in [0.29, 0.717) is 11.4 Å². The molecule has 5 aromatic rings. The summed E-state index contributed by atoms with van der Waals surface area (Å²) in [7, 11) is 0. The minimum absolute atomic E-state index is 0.284. The van der Waals surface area contributed by atoms with Crippen LogP contribution in [0.3, 0.4) is 0 Å². The van der Waals surface area contributed by atoms with Gasteiger partial charge in [0.2, 0.25) is 0 Å². The van der Waals surface area contributed by atoms with Crippen molar-refractivity contribution < 1.29 is 4.39 Å².